The smallest absolute Gasteiger partial charge is 0.147 e. The molecule has 1 fully saturated rings. The quantitative estimate of drug-likeness (QED) is 0.901. The van der Waals surface area contributed by atoms with Crippen LogP contribution in [-0.2, 0) is 6.42 Å². The maximum atomic E-state index is 13.8. The fourth-order valence-electron chi connectivity index (χ4n) is 3.08. The van der Waals surface area contributed by atoms with Crippen molar-refractivity contribution in [2.75, 3.05) is 32.7 Å². The second-order valence-electron chi connectivity index (χ2n) is 5.59. The van der Waals surface area contributed by atoms with E-state index in [1.165, 1.54) is 18.1 Å². The molecule has 3 rings (SSSR count). The first-order valence-corrected chi connectivity index (χ1v) is 7.44. The van der Waals surface area contributed by atoms with E-state index in [-0.39, 0.29) is 5.82 Å². The predicted octanol–water partition coefficient (Wildman–Crippen LogP) is 2.45. The maximum absolute atomic E-state index is 13.8. The van der Waals surface area contributed by atoms with Crippen molar-refractivity contribution >= 4 is 10.9 Å². The van der Waals surface area contributed by atoms with Gasteiger partial charge in [-0.2, -0.15) is 0 Å². The lowest BCUT2D eigenvalue weighted by Gasteiger charge is -2.19. The number of nitrogens with zero attached hydrogens (tertiary/aromatic N) is 1. The number of fused-ring (bicyclic) bond motifs is 1. The zero-order valence-electron chi connectivity index (χ0n) is 12.0. The number of rotatable bonds is 3. The van der Waals surface area contributed by atoms with Crippen LogP contribution in [0.5, 0.6) is 0 Å². The molecule has 0 radical (unpaired) electrons. The van der Waals surface area contributed by atoms with Crippen molar-refractivity contribution in [2.24, 2.45) is 0 Å². The number of hydrogen-bond acceptors (Lipinski definition) is 2. The van der Waals surface area contributed by atoms with Gasteiger partial charge in [0.15, 0.2) is 0 Å². The molecule has 1 aromatic carbocycles. The largest absolute Gasteiger partial charge is 0.356 e. The van der Waals surface area contributed by atoms with Crippen LogP contribution in [0.4, 0.5) is 4.39 Å². The van der Waals surface area contributed by atoms with E-state index in [4.69, 9.17) is 0 Å². The SMILES string of the molecule is Cc1[nH]c2c(F)cccc2c1CCN1CCCNCC1. The number of hydrogen-bond donors (Lipinski definition) is 2. The third-order valence-electron chi connectivity index (χ3n) is 4.21. The number of para-hydroxylation sites is 1. The Morgan fingerprint density at radius 2 is 2.15 bits per heavy atom. The lowest BCUT2D eigenvalue weighted by atomic mass is 10.1. The molecule has 108 valence electrons. The number of benzene rings is 1. The fourth-order valence-corrected chi connectivity index (χ4v) is 3.08. The Kier molecular flexibility index (Phi) is 4.03. The molecule has 4 heteroatoms. The Bertz CT molecular complexity index is 583. The molecule has 0 aliphatic carbocycles. The van der Waals surface area contributed by atoms with Crippen LogP contribution in [-0.4, -0.2) is 42.6 Å². The highest BCUT2D eigenvalue weighted by Crippen LogP contribution is 2.24. The van der Waals surface area contributed by atoms with Gasteiger partial charge in [0.2, 0.25) is 0 Å². The molecule has 1 aliphatic rings. The van der Waals surface area contributed by atoms with Crippen molar-refractivity contribution in [2.45, 2.75) is 19.8 Å². The second kappa shape index (κ2) is 5.94. The molecule has 0 saturated carbocycles. The minimum Gasteiger partial charge on any atom is -0.356 e. The van der Waals surface area contributed by atoms with Crippen LogP contribution in [0.1, 0.15) is 17.7 Å². The van der Waals surface area contributed by atoms with Crippen molar-refractivity contribution in [3.8, 4) is 0 Å². The number of aromatic amines is 1. The molecule has 0 spiro atoms. The molecule has 1 saturated heterocycles. The van der Waals surface area contributed by atoms with Crippen LogP contribution in [0.25, 0.3) is 10.9 Å². The summed E-state index contributed by atoms with van der Waals surface area (Å²) in [5, 5.41) is 4.46. The summed E-state index contributed by atoms with van der Waals surface area (Å²) in [7, 11) is 0. The normalized spacial score (nSPS) is 17.5. The Balaban J connectivity index is 1.77. The van der Waals surface area contributed by atoms with Gasteiger partial charge < -0.3 is 15.2 Å². The number of halogens is 1. The van der Waals surface area contributed by atoms with Crippen molar-refractivity contribution in [1.29, 1.82) is 0 Å². The van der Waals surface area contributed by atoms with Crippen LogP contribution in [0.3, 0.4) is 0 Å². The van der Waals surface area contributed by atoms with Crippen LogP contribution >= 0.6 is 0 Å². The van der Waals surface area contributed by atoms with Gasteiger partial charge in [0.1, 0.15) is 5.82 Å². The van der Waals surface area contributed by atoms with Gasteiger partial charge in [0, 0.05) is 30.7 Å². The molecule has 2 aromatic rings. The monoisotopic (exact) mass is 275 g/mol. The van der Waals surface area contributed by atoms with Crippen LogP contribution in [0.2, 0.25) is 0 Å². The second-order valence-corrected chi connectivity index (χ2v) is 5.59. The van der Waals surface area contributed by atoms with Crippen molar-refractivity contribution in [1.82, 2.24) is 15.2 Å². The number of nitrogens with one attached hydrogen (secondary N) is 2. The molecule has 0 amide bonds. The van der Waals surface area contributed by atoms with E-state index in [9.17, 15) is 4.39 Å². The molecule has 1 aromatic heterocycles. The van der Waals surface area contributed by atoms with E-state index in [1.807, 2.05) is 13.0 Å². The highest BCUT2D eigenvalue weighted by Gasteiger charge is 2.13. The molecule has 0 atom stereocenters. The minimum atomic E-state index is -0.157. The van der Waals surface area contributed by atoms with Gasteiger partial charge in [-0.25, -0.2) is 4.39 Å². The van der Waals surface area contributed by atoms with Gasteiger partial charge >= 0.3 is 0 Å². The number of aromatic nitrogens is 1. The highest BCUT2D eigenvalue weighted by atomic mass is 19.1. The first-order valence-electron chi connectivity index (χ1n) is 7.44. The van der Waals surface area contributed by atoms with Crippen molar-refractivity contribution in [3.63, 3.8) is 0 Å². The number of H-pyrrole nitrogens is 1. The van der Waals surface area contributed by atoms with Crippen molar-refractivity contribution < 1.29 is 4.39 Å². The first kappa shape index (κ1) is 13.6. The fraction of sp³-hybridized carbons (Fsp3) is 0.500. The van der Waals surface area contributed by atoms with E-state index in [2.05, 4.69) is 15.2 Å². The third-order valence-corrected chi connectivity index (χ3v) is 4.21. The van der Waals surface area contributed by atoms with Crippen LogP contribution in [0.15, 0.2) is 18.2 Å². The van der Waals surface area contributed by atoms with Gasteiger partial charge in [-0.15, -0.1) is 0 Å². The zero-order chi connectivity index (χ0) is 13.9. The maximum Gasteiger partial charge on any atom is 0.147 e. The highest BCUT2D eigenvalue weighted by molar-refractivity contribution is 5.85. The Hall–Kier alpha value is -1.39. The van der Waals surface area contributed by atoms with Crippen LogP contribution < -0.4 is 5.32 Å². The third kappa shape index (κ3) is 2.72. The van der Waals surface area contributed by atoms with Gasteiger partial charge in [-0.05, 0) is 44.5 Å². The zero-order valence-corrected chi connectivity index (χ0v) is 12.0. The van der Waals surface area contributed by atoms with E-state index in [0.29, 0.717) is 5.52 Å². The minimum absolute atomic E-state index is 0.157. The molecular formula is C16H22FN3. The Labute approximate surface area is 119 Å². The summed E-state index contributed by atoms with van der Waals surface area (Å²) >= 11 is 0. The lowest BCUT2D eigenvalue weighted by Crippen LogP contribution is -2.30. The molecule has 3 nitrogen and oxygen atoms in total. The topological polar surface area (TPSA) is 31.1 Å². The summed E-state index contributed by atoms with van der Waals surface area (Å²) in [6.45, 7) is 7.54. The summed E-state index contributed by atoms with van der Waals surface area (Å²) in [5.41, 5.74) is 3.01. The molecular weight excluding hydrogens is 253 g/mol. The summed E-state index contributed by atoms with van der Waals surface area (Å²) in [5.74, 6) is -0.157. The summed E-state index contributed by atoms with van der Waals surface area (Å²) in [4.78, 5) is 5.69. The molecule has 0 unspecified atom stereocenters. The lowest BCUT2D eigenvalue weighted by molar-refractivity contribution is 0.296. The van der Waals surface area contributed by atoms with Crippen LogP contribution in [0, 0.1) is 12.7 Å². The van der Waals surface area contributed by atoms with Gasteiger partial charge in [-0.1, -0.05) is 12.1 Å². The summed E-state index contributed by atoms with van der Waals surface area (Å²) in [6.07, 6.45) is 2.19. The van der Waals surface area contributed by atoms with E-state index >= 15 is 0 Å². The first-order chi connectivity index (χ1) is 9.75. The average Bonchev–Trinajstić information content (AvgIpc) is 2.63. The average molecular weight is 275 g/mol. The summed E-state index contributed by atoms with van der Waals surface area (Å²) < 4.78 is 13.8. The van der Waals surface area contributed by atoms with E-state index in [1.54, 1.807) is 6.07 Å². The number of aryl methyl sites for hydroxylation is 1. The Morgan fingerprint density at radius 3 is 3.05 bits per heavy atom. The van der Waals surface area contributed by atoms with Gasteiger partial charge in [0.05, 0.1) is 5.52 Å². The molecule has 0 bridgehead atoms. The van der Waals surface area contributed by atoms with Crippen molar-refractivity contribution in [3.05, 3.63) is 35.3 Å². The predicted molar refractivity (Wildman–Crippen MR) is 80.6 cm³/mol. The molecule has 20 heavy (non-hydrogen) atoms. The Morgan fingerprint density at radius 1 is 1.25 bits per heavy atom. The van der Waals surface area contributed by atoms with Gasteiger partial charge in [-0.3, -0.25) is 0 Å². The van der Waals surface area contributed by atoms with E-state index in [0.717, 1.165) is 50.2 Å². The molecule has 1 aliphatic heterocycles. The standard InChI is InChI=1S/C16H22FN3/c1-12-13(6-10-20-9-3-7-18-8-11-20)14-4-2-5-15(17)16(14)19-12/h2,4-5,18-19H,3,6-11H2,1H3. The summed E-state index contributed by atoms with van der Waals surface area (Å²) in [6, 6.07) is 5.33. The van der Waals surface area contributed by atoms with E-state index < -0.39 is 0 Å². The van der Waals surface area contributed by atoms with Gasteiger partial charge in [0.25, 0.3) is 0 Å². The molecule has 2 N–H and O–H groups in total. The molecule has 2 heterocycles.